The van der Waals surface area contributed by atoms with E-state index in [1.54, 1.807) is 0 Å². The molecule has 3 rings (SSSR count). The van der Waals surface area contributed by atoms with Crippen molar-refractivity contribution in [3.8, 4) is 17.1 Å². The molecule has 0 radical (unpaired) electrons. The minimum atomic E-state index is -4.99. The van der Waals surface area contributed by atoms with E-state index < -0.39 is 47.4 Å². The normalized spacial score (nSPS) is 12.4. The second kappa shape index (κ2) is 6.93. The summed E-state index contributed by atoms with van der Waals surface area (Å²) < 4.78 is 81.8. The third-order valence-electron chi connectivity index (χ3n) is 3.34. The van der Waals surface area contributed by atoms with Crippen molar-refractivity contribution in [2.24, 2.45) is 0 Å². The number of ether oxygens (including phenoxy) is 1. The maximum Gasteiger partial charge on any atom is 0.434 e. The molecular formula is C15H7ClF6N4O2. The number of aromatic nitrogens is 4. The largest absolute Gasteiger partial charge is 0.454 e. The van der Waals surface area contributed by atoms with Crippen molar-refractivity contribution < 1.29 is 31.1 Å². The fourth-order valence-corrected chi connectivity index (χ4v) is 2.41. The summed E-state index contributed by atoms with van der Waals surface area (Å²) in [5.41, 5.74) is -4.18. The summed E-state index contributed by atoms with van der Waals surface area (Å²) in [6.45, 7) is -1.68. The molecule has 0 bridgehead atoms. The Morgan fingerprint density at radius 1 is 1.07 bits per heavy atom. The summed E-state index contributed by atoms with van der Waals surface area (Å²) in [6, 6.07) is 1.68. The molecule has 0 saturated carbocycles. The van der Waals surface area contributed by atoms with Gasteiger partial charge in [0.2, 0.25) is 0 Å². The Morgan fingerprint density at radius 3 is 2.29 bits per heavy atom. The lowest BCUT2D eigenvalue weighted by molar-refractivity contribution is -0.154. The predicted octanol–water partition coefficient (Wildman–Crippen LogP) is 3.76. The average molecular weight is 425 g/mol. The van der Waals surface area contributed by atoms with Gasteiger partial charge in [0.15, 0.2) is 12.3 Å². The maximum absolute atomic E-state index is 13.4. The third-order valence-corrected chi connectivity index (χ3v) is 3.56. The SMILES string of the molecule is O=c1c(-c2cnc(OCC(F)(F)F)nc2)c(C(F)(F)F)nc2ccc(Cl)cn12. The molecule has 3 aromatic rings. The Labute approximate surface area is 156 Å². The molecule has 28 heavy (non-hydrogen) atoms. The fourth-order valence-electron chi connectivity index (χ4n) is 2.24. The van der Waals surface area contributed by atoms with Gasteiger partial charge in [-0.25, -0.2) is 15.0 Å². The van der Waals surface area contributed by atoms with Crippen LogP contribution in [-0.2, 0) is 6.18 Å². The number of hydrogen-bond acceptors (Lipinski definition) is 5. The van der Waals surface area contributed by atoms with Crippen molar-refractivity contribution in [3.63, 3.8) is 0 Å². The lowest BCUT2D eigenvalue weighted by Crippen LogP contribution is -2.24. The van der Waals surface area contributed by atoms with Crippen LogP contribution in [0.5, 0.6) is 6.01 Å². The first-order valence-electron chi connectivity index (χ1n) is 7.27. The van der Waals surface area contributed by atoms with Crippen molar-refractivity contribution >= 4 is 17.2 Å². The zero-order valence-electron chi connectivity index (χ0n) is 13.3. The number of rotatable bonds is 3. The van der Waals surface area contributed by atoms with Gasteiger partial charge >= 0.3 is 18.4 Å². The smallest absolute Gasteiger partial charge is 0.434 e. The maximum atomic E-state index is 13.4. The number of alkyl halides is 6. The van der Waals surface area contributed by atoms with E-state index in [-0.39, 0.29) is 10.7 Å². The van der Waals surface area contributed by atoms with E-state index in [1.165, 1.54) is 6.07 Å². The van der Waals surface area contributed by atoms with Crippen LogP contribution in [0.2, 0.25) is 5.02 Å². The predicted molar refractivity (Wildman–Crippen MR) is 84.0 cm³/mol. The van der Waals surface area contributed by atoms with Crippen molar-refractivity contribution in [1.29, 1.82) is 0 Å². The van der Waals surface area contributed by atoms with Gasteiger partial charge in [-0.2, -0.15) is 26.3 Å². The lowest BCUT2D eigenvalue weighted by atomic mass is 10.1. The van der Waals surface area contributed by atoms with Gasteiger partial charge in [0.25, 0.3) is 5.56 Å². The van der Waals surface area contributed by atoms with Crippen LogP contribution < -0.4 is 10.3 Å². The van der Waals surface area contributed by atoms with Gasteiger partial charge in [0.05, 0.1) is 10.6 Å². The molecule has 3 heterocycles. The van der Waals surface area contributed by atoms with E-state index in [4.69, 9.17) is 11.6 Å². The minimum absolute atomic E-state index is 0.0780. The van der Waals surface area contributed by atoms with Crippen LogP contribution in [0.15, 0.2) is 35.5 Å². The first-order chi connectivity index (χ1) is 13.0. The number of hydrogen-bond donors (Lipinski definition) is 0. The quantitative estimate of drug-likeness (QED) is 0.599. The minimum Gasteiger partial charge on any atom is -0.454 e. The van der Waals surface area contributed by atoms with Crippen LogP contribution in [0.1, 0.15) is 5.69 Å². The Kier molecular flexibility index (Phi) is 4.91. The van der Waals surface area contributed by atoms with Crippen LogP contribution >= 0.6 is 11.6 Å². The summed E-state index contributed by atoms with van der Waals surface area (Å²) in [4.78, 5) is 22.9. The van der Waals surface area contributed by atoms with Gasteiger partial charge in [-0.05, 0) is 12.1 Å². The molecule has 0 aliphatic heterocycles. The summed E-state index contributed by atoms with van der Waals surface area (Å²) in [5.74, 6) is 0. The number of fused-ring (bicyclic) bond motifs is 1. The standard InChI is InChI=1S/C15H7ClF6N4O2/c16-8-1-2-9-25-11(15(20,21)22)10(12(27)26(9)5-8)7-3-23-13(24-4-7)28-6-14(17,18)19/h1-5H,6H2. The highest BCUT2D eigenvalue weighted by Crippen LogP contribution is 2.34. The molecule has 0 N–H and O–H groups in total. The summed E-state index contributed by atoms with van der Waals surface area (Å²) >= 11 is 5.77. The van der Waals surface area contributed by atoms with Gasteiger partial charge in [0.1, 0.15) is 5.65 Å². The molecule has 148 valence electrons. The van der Waals surface area contributed by atoms with Crippen molar-refractivity contribution in [2.75, 3.05) is 6.61 Å². The second-order valence-corrected chi connectivity index (χ2v) is 5.81. The van der Waals surface area contributed by atoms with Crippen LogP contribution in [0.25, 0.3) is 16.8 Å². The van der Waals surface area contributed by atoms with Gasteiger partial charge in [0, 0.05) is 24.2 Å². The van der Waals surface area contributed by atoms with Crippen LogP contribution in [0.3, 0.4) is 0 Å². The number of halogens is 7. The van der Waals surface area contributed by atoms with Crippen LogP contribution in [0.4, 0.5) is 26.3 Å². The lowest BCUT2D eigenvalue weighted by Gasteiger charge is -2.13. The molecular weight excluding hydrogens is 418 g/mol. The van der Waals surface area contributed by atoms with Crippen molar-refractivity contribution in [3.05, 3.63) is 51.8 Å². The second-order valence-electron chi connectivity index (χ2n) is 5.37. The van der Waals surface area contributed by atoms with Crippen molar-refractivity contribution in [1.82, 2.24) is 19.4 Å². The summed E-state index contributed by atoms with van der Waals surface area (Å²) in [7, 11) is 0. The van der Waals surface area contributed by atoms with E-state index in [9.17, 15) is 31.1 Å². The third kappa shape index (κ3) is 4.16. The Morgan fingerprint density at radius 2 is 1.71 bits per heavy atom. The molecule has 0 spiro atoms. The van der Waals surface area contributed by atoms with E-state index in [0.717, 1.165) is 29.1 Å². The topological polar surface area (TPSA) is 69.4 Å². The molecule has 0 atom stereocenters. The molecule has 3 aromatic heterocycles. The van der Waals surface area contributed by atoms with E-state index in [0.29, 0.717) is 0 Å². The van der Waals surface area contributed by atoms with Gasteiger partial charge < -0.3 is 4.74 Å². The van der Waals surface area contributed by atoms with E-state index in [1.807, 2.05) is 0 Å². The van der Waals surface area contributed by atoms with Crippen molar-refractivity contribution in [2.45, 2.75) is 12.4 Å². The highest BCUT2D eigenvalue weighted by molar-refractivity contribution is 6.30. The first kappa shape index (κ1) is 19.9. The number of pyridine rings is 1. The highest BCUT2D eigenvalue weighted by atomic mass is 35.5. The van der Waals surface area contributed by atoms with Crippen LogP contribution in [0, 0.1) is 0 Å². The molecule has 0 aliphatic carbocycles. The van der Waals surface area contributed by atoms with Gasteiger partial charge in [-0.15, -0.1) is 0 Å². The Balaban J connectivity index is 2.13. The zero-order chi connectivity index (χ0) is 20.7. The Bertz CT molecular complexity index is 1080. The molecule has 0 amide bonds. The molecule has 6 nitrogen and oxygen atoms in total. The molecule has 13 heteroatoms. The average Bonchev–Trinajstić information content (AvgIpc) is 2.59. The zero-order valence-corrected chi connectivity index (χ0v) is 14.1. The molecule has 0 saturated heterocycles. The summed E-state index contributed by atoms with van der Waals surface area (Å²) in [5, 5.41) is 0.0780. The molecule has 0 aromatic carbocycles. The van der Waals surface area contributed by atoms with E-state index in [2.05, 4.69) is 19.7 Å². The molecule has 0 unspecified atom stereocenters. The molecule has 0 fully saturated rings. The van der Waals surface area contributed by atoms with E-state index >= 15 is 0 Å². The fraction of sp³-hybridized carbons (Fsp3) is 0.200. The van der Waals surface area contributed by atoms with Gasteiger partial charge in [-0.3, -0.25) is 9.20 Å². The molecule has 0 aliphatic rings. The Hall–Kier alpha value is -2.89. The monoisotopic (exact) mass is 424 g/mol. The van der Waals surface area contributed by atoms with Crippen LogP contribution in [-0.4, -0.2) is 32.1 Å². The summed E-state index contributed by atoms with van der Waals surface area (Å²) in [6.07, 6.45) is -7.08. The number of nitrogens with zero attached hydrogens (tertiary/aromatic N) is 4. The highest BCUT2D eigenvalue weighted by Gasteiger charge is 2.38. The first-order valence-corrected chi connectivity index (χ1v) is 7.64. The van der Waals surface area contributed by atoms with Gasteiger partial charge in [-0.1, -0.05) is 11.6 Å².